The number of aromatic nitrogens is 2. The summed E-state index contributed by atoms with van der Waals surface area (Å²) < 4.78 is 6.57. The molecule has 0 saturated carbocycles. The third-order valence-electron chi connectivity index (χ3n) is 3.81. The molecule has 2 aromatic heterocycles. The van der Waals surface area contributed by atoms with Crippen LogP contribution < -0.4 is 17.0 Å². The highest BCUT2D eigenvalue weighted by Crippen LogP contribution is 2.14. The monoisotopic (exact) mass is 290 g/mol. The first kappa shape index (κ1) is 13.7. The van der Waals surface area contributed by atoms with Crippen LogP contribution in [-0.2, 0) is 13.1 Å². The molecule has 0 amide bonds. The Balaban J connectivity index is 1.96. The van der Waals surface area contributed by atoms with E-state index in [1.165, 1.54) is 10.8 Å². The number of aromatic amines is 1. The summed E-state index contributed by atoms with van der Waals surface area (Å²) in [5.74, 6) is 0.829. The molecule has 7 heteroatoms. The zero-order valence-corrected chi connectivity index (χ0v) is 11.7. The molecular formula is C14H18N4O3. The van der Waals surface area contributed by atoms with E-state index in [1.807, 2.05) is 0 Å². The highest BCUT2D eigenvalue weighted by atomic mass is 16.3. The van der Waals surface area contributed by atoms with Crippen molar-refractivity contribution < 1.29 is 4.42 Å². The van der Waals surface area contributed by atoms with E-state index in [2.05, 4.69) is 9.88 Å². The number of rotatable bonds is 4. The van der Waals surface area contributed by atoms with Crippen molar-refractivity contribution in [3.63, 3.8) is 0 Å². The fraction of sp³-hybridized carbons (Fsp3) is 0.429. The van der Waals surface area contributed by atoms with Crippen LogP contribution in [0.2, 0.25) is 0 Å². The highest BCUT2D eigenvalue weighted by Gasteiger charge is 2.18. The van der Waals surface area contributed by atoms with Gasteiger partial charge in [-0.3, -0.25) is 19.2 Å². The number of furan rings is 1. The molecule has 0 aliphatic carbocycles. The molecule has 0 atom stereocenters. The van der Waals surface area contributed by atoms with Crippen LogP contribution in [0.3, 0.4) is 0 Å². The molecule has 1 fully saturated rings. The lowest BCUT2D eigenvalue weighted by Crippen LogP contribution is -2.37. The van der Waals surface area contributed by atoms with E-state index in [0.29, 0.717) is 17.9 Å². The van der Waals surface area contributed by atoms with E-state index in [-0.39, 0.29) is 12.4 Å². The minimum Gasteiger partial charge on any atom is -0.467 e. The Labute approximate surface area is 121 Å². The topological polar surface area (TPSA) is 97.3 Å². The first-order chi connectivity index (χ1) is 10.1. The third-order valence-corrected chi connectivity index (χ3v) is 3.81. The summed E-state index contributed by atoms with van der Waals surface area (Å²) >= 11 is 0. The minimum atomic E-state index is -0.515. The van der Waals surface area contributed by atoms with Crippen LogP contribution in [0.5, 0.6) is 0 Å². The van der Waals surface area contributed by atoms with Gasteiger partial charge < -0.3 is 10.2 Å². The second-order valence-corrected chi connectivity index (χ2v) is 5.27. The molecule has 0 spiro atoms. The van der Waals surface area contributed by atoms with Crippen LogP contribution in [0.15, 0.2) is 32.4 Å². The van der Waals surface area contributed by atoms with E-state index >= 15 is 0 Å². The van der Waals surface area contributed by atoms with Crippen LogP contribution in [0.1, 0.15) is 24.2 Å². The Hall–Kier alpha value is -2.28. The normalized spacial score (nSPS) is 15.6. The van der Waals surface area contributed by atoms with E-state index in [0.717, 1.165) is 25.9 Å². The number of likely N-dealkylation sites (tertiary alicyclic amines) is 1. The van der Waals surface area contributed by atoms with Crippen molar-refractivity contribution in [2.45, 2.75) is 25.9 Å². The van der Waals surface area contributed by atoms with E-state index in [4.69, 9.17) is 10.2 Å². The Kier molecular flexibility index (Phi) is 3.66. The third kappa shape index (κ3) is 2.78. The molecule has 3 heterocycles. The molecule has 3 N–H and O–H groups in total. The maximum Gasteiger partial charge on any atom is 0.330 e. The van der Waals surface area contributed by atoms with Crippen LogP contribution in [0.25, 0.3) is 0 Å². The number of nitrogen functional groups attached to an aromatic ring is 1. The van der Waals surface area contributed by atoms with Crippen LogP contribution in [-0.4, -0.2) is 27.5 Å². The first-order valence-electron chi connectivity index (χ1n) is 7.01. The van der Waals surface area contributed by atoms with Gasteiger partial charge in [-0.25, -0.2) is 4.79 Å². The summed E-state index contributed by atoms with van der Waals surface area (Å²) in [6, 6.07) is 3.50. The zero-order valence-electron chi connectivity index (χ0n) is 11.7. The van der Waals surface area contributed by atoms with Gasteiger partial charge in [-0.05, 0) is 38.1 Å². The average molecular weight is 290 g/mol. The van der Waals surface area contributed by atoms with E-state index in [9.17, 15) is 9.59 Å². The van der Waals surface area contributed by atoms with Crippen molar-refractivity contribution in [2.75, 3.05) is 18.8 Å². The number of nitrogens with zero attached hydrogens (tertiary/aromatic N) is 2. The molecule has 7 nitrogen and oxygen atoms in total. The van der Waals surface area contributed by atoms with E-state index in [1.54, 1.807) is 12.1 Å². The maximum absolute atomic E-state index is 12.0. The van der Waals surface area contributed by atoms with Crippen molar-refractivity contribution in [1.82, 2.24) is 14.5 Å². The molecule has 112 valence electrons. The number of H-pyrrole nitrogens is 1. The maximum atomic E-state index is 12.0. The predicted octanol–water partition coefficient (Wildman–Crippen LogP) is 0.356. The van der Waals surface area contributed by atoms with Crippen molar-refractivity contribution in [3.05, 3.63) is 50.6 Å². The van der Waals surface area contributed by atoms with Crippen molar-refractivity contribution in [2.24, 2.45) is 0 Å². The Morgan fingerprint density at radius 1 is 1.24 bits per heavy atom. The molecule has 0 bridgehead atoms. The molecular weight excluding hydrogens is 272 g/mol. The summed E-state index contributed by atoms with van der Waals surface area (Å²) in [5.41, 5.74) is 5.58. The summed E-state index contributed by atoms with van der Waals surface area (Å²) in [5, 5.41) is 0. The Morgan fingerprint density at radius 2 is 2.00 bits per heavy atom. The van der Waals surface area contributed by atoms with Gasteiger partial charge in [0, 0.05) is 6.54 Å². The second kappa shape index (κ2) is 5.61. The molecule has 1 aliphatic heterocycles. The molecule has 1 saturated heterocycles. The number of hydrogen-bond donors (Lipinski definition) is 2. The molecule has 21 heavy (non-hydrogen) atoms. The number of nitrogens with two attached hydrogens (primary N) is 1. The first-order valence-corrected chi connectivity index (χ1v) is 7.01. The van der Waals surface area contributed by atoms with Crippen molar-refractivity contribution in [1.29, 1.82) is 0 Å². The van der Waals surface area contributed by atoms with Gasteiger partial charge in [0.05, 0.1) is 18.4 Å². The van der Waals surface area contributed by atoms with E-state index < -0.39 is 11.2 Å². The summed E-state index contributed by atoms with van der Waals surface area (Å²) in [7, 11) is 0. The molecule has 0 unspecified atom stereocenters. The zero-order chi connectivity index (χ0) is 14.8. The number of hydrogen-bond acceptors (Lipinski definition) is 5. The lowest BCUT2D eigenvalue weighted by Gasteiger charge is -2.17. The van der Waals surface area contributed by atoms with Crippen LogP contribution >= 0.6 is 0 Å². The number of anilines is 1. The average Bonchev–Trinajstić information content (AvgIpc) is 3.13. The van der Waals surface area contributed by atoms with Gasteiger partial charge >= 0.3 is 5.69 Å². The van der Waals surface area contributed by atoms with Crippen LogP contribution in [0, 0.1) is 0 Å². The van der Waals surface area contributed by atoms with Crippen molar-refractivity contribution in [3.8, 4) is 0 Å². The molecule has 2 aromatic rings. The highest BCUT2D eigenvalue weighted by molar-refractivity contribution is 5.38. The standard InChI is InChI=1S/C14H18N4O3/c15-12-11(9-17-5-1-2-6-17)13(19)16-14(20)18(12)8-10-4-3-7-21-10/h3-4,7H,1-2,5-6,8-9,15H2,(H,16,19,20). The predicted molar refractivity (Wildman–Crippen MR) is 78.1 cm³/mol. The van der Waals surface area contributed by atoms with Crippen molar-refractivity contribution >= 4 is 5.82 Å². The largest absolute Gasteiger partial charge is 0.467 e. The van der Waals surface area contributed by atoms with Gasteiger partial charge in [-0.2, -0.15) is 0 Å². The van der Waals surface area contributed by atoms with Gasteiger partial charge in [-0.1, -0.05) is 0 Å². The Morgan fingerprint density at radius 3 is 2.67 bits per heavy atom. The van der Waals surface area contributed by atoms with Gasteiger partial charge in [0.2, 0.25) is 0 Å². The summed E-state index contributed by atoms with van der Waals surface area (Å²) in [4.78, 5) is 28.5. The minimum absolute atomic E-state index is 0.210. The second-order valence-electron chi connectivity index (χ2n) is 5.27. The molecule has 1 aliphatic rings. The van der Waals surface area contributed by atoms with Gasteiger partial charge in [0.1, 0.15) is 11.6 Å². The molecule has 0 radical (unpaired) electrons. The fourth-order valence-corrected chi connectivity index (χ4v) is 2.66. The SMILES string of the molecule is Nc1c(CN2CCCC2)c(=O)[nH]c(=O)n1Cc1ccco1. The smallest absolute Gasteiger partial charge is 0.330 e. The van der Waals surface area contributed by atoms with Gasteiger partial charge in [0.25, 0.3) is 5.56 Å². The molecule has 3 rings (SSSR count). The quantitative estimate of drug-likeness (QED) is 0.847. The summed E-state index contributed by atoms with van der Waals surface area (Å²) in [6.45, 7) is 2.59. The van der Waals surface area contributed by atoms with Gasteiger partial charge in [0.15, 0.2) is 0 Å². The Bertz CT molecular complexity index is 724. The van der Waals surface area contributed by atoms with Gasteiger partial charge in [-0.15, -0.1) is 0 Å². The lowest BCUT2D eigenvalue weighted by atomic mass is 10.2. The molecule has 0 aromatic carbocycles. The lowest BCUT2D eigenvalue weighted by molar-refractivity contribution is 0.329. The summed E-state index contributed by atoms with van der Waals surface area (Å²) in [6.07, 6.45) is 3.79. The number of nitrogens with one attached hydrogen (secondary N) is 1. The van der Waals surface area contributed by atoms with Crippen LogP contribution in [0.4, 0.5) is 5.82 Å². The fourth-order valence-electron chi connectivity index (χ4n) is 2.66.